The molecule has 2 nitrogen and oxygen atoms in total. The first-order valence-electron chi connectivity index (χ1n) is 8.69. The summed E-state index contributed by atoms with van der Waals surface area (Å²) in [4.78, 5) is 12.2. The van der Waals surface area contributed by atoms with Gasteiger partial charge < -0.3 is 5.32 Å². The minimum atomic E-state index is 0.0967. The Kier molecular flexibility index (Phi) is 6.78. The summed E-state index contributed by atoms with van der Waals surface area (Å²) >= 11 is 0. The van der Waals surface area contributed by atoms with E-state index in [9.17, 15) is 4.79 Å². The summed E-state index contributed by atoms with van der Waals surface area (Å²) in [5.41, 5.74) is 2.15. The SMILES string of the molecule is CCCCCCc1ccc(C(=O)NC2CCCCC2)cc1. The molecular weight excluding hydrogens is 258 g/mol. The largest absolute Gasteiger partial charge is 0.349 e. The standard InChI is InChI=1S/C19H29NO/c1-2-3-4-6-9-16-12-14-17(15-13-16)19(21)20-18-10-7-5-8-11-18/h12-15,18H,2-11H2,1H3,(H,20,21). The number of nitrogens with one attached hydrogen (secondary N) is 1. The van der Waals surface area contributed by atoms with Crippen molar-refractivity contribution in [2.75, 3.05) is 0 Å². The lowest BCUT2D eigenvalue weighted by Gasteiger charge is -2.22. The summed E-state index contributed by atoms with van der Waals surface area (Å²) in [6.07, 6.45) is 12.4. The number of aryl methyl sites for hydroxylation is 1. The van der Waals surface area contributed by atoms with Crippen LogP contribution >= 0.6 is 0 Å². The van der Waals surface area contributed by atoms with Gasteiger partial charge in [-0.05, 0) is 43.4 Å². The van der Waals surface area contributed by atoms with Crippen LogP contribution in [0, 0.1) is 0 Å². The van der Waals surface area contributed by atoms with Crippen molar-refractivity contribution >= 4 is 5.91 Å². The zero-order chi connectivity index (χ0) is 14.9. The molecule has 2 rings (SSSR count). The highest BCUT2D eigenvalue weighted by atomic mass is 16.1. The summed E-state index contributed by atoms with van der Waals surface area (Å²) < 4.78 is 0. The van der Waals surface area contributed by atoms with Gasteiger partial charge in [-0.2, -0.15) is 0 Å². The molecule has 1 N–H and O–H groups in total. The van der Waals surface area contributed by atoms with Crippen LogP contribution in [0.25, 0.3) is 0 Å². The first-order valence-corrected chi connectivity index (χ1v) is 8.69. The predicted octanol–water partition coefficient (Wildman–Crippen LogP) is 4.87. The fraction of sp³-hybridized carbons (Fsp3) is 0.632. The van der Waals surface area contributed by atoms with Crippen molar-refractivity contribution in [3.63, 3.8) is 0 Å². The van der Waals surface area contributed by atoms with Crippen LogP contribution in [0.4, 0.5) is 0 Å². The Morgan fingerprint density at radius 3 is 2.43 bits per heavy atom. The molecule has 0 aromatic heterocycles. The fourth-order valence-corrected chi connectivity index (χ4v) is 3.09. The molecular formula is C19H29NO. The van der Waals surface area contributed by atoms with Gasteiger partial charge in [0.05, 0.1) is 0 Å². The van der Waals surface area contributed by atoms with Gasteiger partial charge in [0.2, 0.25) is 0 Å². The van der Waals surface area contributed by atoms with Crippen molar-refractivity contribution in [1.82, 2.24) is 5.32 Å². The van der Waals surface area contributed by atoms with E-state index in [1.54, 1.807) is 0 Å². The van der Waals surface area contributed by atoms with Gasteiger partial charge in [-0.1, -0.05) is 57.6 Å². The second kappa shape index (κ2) is 8.86. The maximum absolute atomic E-state index is 12.2. The molecule has 1 aliphatic rings. The number of benzene rings is 1. The van der Waals surface area contributed by atoms with Gasteiger partial charge in [0.15, 0.2) is 0 Å². The van der Waals surface area contributed by atoms with Crippen LogP contribution in [0.2, 0.25) is 0 Å². The Hall–Kier alpha value is -1.31. The summed E-state index contributed by atoms with van der Waals surface area (Å²) in [5.74, 6) is 0.0967. The van der Waals surface area contributed by atoms with E-state index in [4.69, 9.17) is 0 Å². The Morgan fingerprint density at radius 1 is 1.05 bits per heavy atom. The highest BCUT2D eigenvalue weighted by Gasteiger charge is 2.16. The summed E-state index contributed by atoms with van der Waals surface area (Å²) in [6.45, 7) is 2.24. The lowest BCUT2D eigenvalue weighted by molar-refractivity contribution is 0.0927. The second-order valence-electron chi connectivity index (χ2n) is 6.32. The van der Waals surface area contributed by atoms with Gasteiger partial charge in [0.25, 0.3) is 5.91 Å². The maximum Gasteiger partial charge on any atom is 0.251 e. The molecule has 1 saturated carbocycles. The van der Waals surface area contributed by atoms with Crippen LogP contribution < -0.4 is 5.32 Å². The van der Waals surface area contributed by atoms with Crippen LogP contribution in [0.3, 0.4) is 0 Å². The molecule has 1 aromatic carbocycles. The van der Waals surface area contributed by atoms with E-state index in [0.29, 0.717) is 6.04 Å². The maximum atomic E-state index is 12.2. The number of rotatable bonds is 7. The van der Waals surface area contributed by atoms with Crippen molar-refractivity contribution in [3.05, 3.63) is 35.4 Å². The molecule has 0 bridgehead atoms. The van der Waals surface area contributed by atoms with Crippen molar-refractivity contribution in [2.24, 2.45) is 0 Å². The van der Waals surface area contributed by atoms with E-state index in [0.717, 1.165) is 24.8 Å². The van der Waals surface area contributed by atoms with Crippen LogP contribution in [0.15, 0.2) is 24.3 Å². The number of unbranched alkanes of at least 4 members (excludes halogenated alkanes) is 3. The van der Waals surface area contributed by atoms with Gasteiger partial charge >= 0.3 is 0 Å². The third-order valence-electron chi connectivity index (χ3n) is 4.48. The first-order chi connectivity index (χ1) is 10.3. The number of hydrogen-bond donors (Lipinski definition) is 1. The molecule has 0 heterocycles. The minimum absolute atomic E-state index is 0.0967. The molecule has 0 spiro atoms. The van der Waals surface area contributed by atoms with Gasteiger partial charge in [-0.15, -0.1) is 0 Å². The normalized spacial score (nSPS) is 15.9. The molecule has 0 radical (unpaired) electrons. The number of amides is 1. The third-order valence-corrected chi connectivity index (χ3v) is 4.48. The molecule has 2 heteroatoms. The van der Waals surface area contributed by atoms with E-state index in [-0.39, 0.29) is 5.91 Å². The Balaban J connectivity index is 1.78. The summed E-state index contributed by atoms with van der Waals surface area (Å²) in [5, 5.41) is 3.18. The third kappa shape index (κ3) is 5.53. The second-order valence-corrected chi connectivity index (χ2v) is 6.32. The fourth-order valence-electron chi connectivity index (χ4n) is 3.09. The van der Waals surface area contributed by atoms with Gasteiger partial charge in [0.1, 0.15) is 0 Å². The van der Waals surface area contributed by atoms with Crippen molar-refractivity contribution in [3.8, 4) is 0 Å². The average Bonchev–Trinajstić information content (AvgIpc) is 2.53. The molecule has 1 fully saturated rings. The van der Waals surface area contributed by atoms with E-state index in [2.05, 4.69) is 24.4 Å². The zero-order valence-electron chi connectivity index (χ0n) is 13.4. The van der Waals surface area contributed by atoms with E-state index in [1.165, 1.54) is 50.5 Å². The lowest BCUT2D eigenvalue weighted by Crippen LogP contribution is -2.36. The zero-order valence-corrected chi connectivity index (χ0v) is 13.4. The molecule has 0 atom stereocenters. The molecule has 21 heavy (non-hydrogen) atoms. The molecule has 1 amide bonds. The van der Waals surface area contributed by atoms with Crippen molar-refractivity contribution in [2.45, 2.75) is 77.2 Å². The molecule has 1 aromatic rings. The smallest absolute Gasteiger partial charge is 0.251 e. The van der Waals surface area contributed by atoms with Crippen molar-refractivity contribution in [1.29, 1.82) is 0 Å². The Bertz CT molecular complexity index is 418. The van der Waals surface area contributed by atoms with Crippen LogP contribution in [-0.2, 0) is 6.42 Å². The van der Waals surface area contributed by atoms with Crippen molar-refractivity contribution < 1.29 is 4.79 Å². The molecule has 1 aliphatic carbocycles. The molecule has 0 aliphatic heterocycles. The molecule has 116 valence electrons. The summed E-state index contributed by atoms with van der Waals surface area (Å²) in [6, 6.07) is 8.57. The number of carbonyl (C=O) groups is 1. The van der Waals surface area contributed by atoms with Gasteiger partial charge in [0, 0.05) is 11.6 Å². The topological polar surface area (TPSA) is 29.1 Å². The Labute approximate surface area is 129 Å². The van der Waals surface area contributed by atoms with Crippen LogP contribution in [-0.4, -0.2) is 11.9 Å². The number of carbonyl (C=O) groups excluding carboxylic acids is 1. The Morgan fingerprint density at radius 2 is 1.76 bits per heavy atom. The van der Waals surface area contributed by atoms with Crippen LogP contribution in [0.1, 0.15) is 80.6 Å². The van der Waals surface area contributed by atoms with E-state index in [1.807, 2.05) is 12.1 Å². The monoisotopic (exact) mass is 287 g/mol. The van der Waals surface area contributed by atoms with E-state index >= 15 is 0 Å². The highest BCUT2D eigenvalue weighted by molar-refractivity contribution is 5.94. The predicted molar refractivity (Wildman–Crippen MR) is 88.6 cm³/mol. The first kappa shape index (κ1) is 16.1. The van der Waals surface area contributed by atoms with Crippen LogP contribution in [0.5, 0.6) is 0 Å². The lowest BCUT2D eigenvalue weighted by atomic mass is 9.95. The quantitative estimate of drug-likeness (QED) is 0.712. The average molecular weight is 287 g/mol. The van der Waals surface area contributed by atoms with Gasteiger partial charge in [-0.3, -0.25) is 4.79 Å². The summed E-state index contributed by atoms with van der Waals surface area (Å²) in [7, 11) is 0. The highest BCUT2D eigenvalue weighted by Crippen LogP contribution is 2.18. The molecule has 0 unspecified atom stereocenters. The van der Waals surface area contributed by atoms with E-state index < -0.39 is 0 Å². The minimum Gasteiger partial charge on any atom is -0.349 e. The number of hydrogen-bond acceptors (Lipinski definition) is 1. The van der Waals surface area contributed by atoms with Gasteiger partial charge in [-0.25, -0.2) is 0 Å². The molecule has 0 saturated heterocycles.